The van der Waals surface area contributed by atoms with Crippen LogP contribution in [0.25, 0.3) is 0 Å². The Morgan fingerprint density at radius 3 is 2.88 bits per heavy atom. The molecule has 0 spiro atoms. The van der Waals surface area contributed by atoms with Gasteiger partial charge in [0, 0.05) is 11.0 Å². The third kappa shape index (κ3) is 2.11. The van der Waals surface area contributed by atoms with Crippen LogP contribution in [0.3, 0.4) is 0 Å². The lowest BCUT2D eigenvalue weighted by molar-refractivity contribution is -0.207. The third-order valence-corrected chi connectivity index (χ3v) is 7.09. The van der Waals surface area contributed by atoms with Gasteiger partial charge >= 0.3 is 11.9 Å². The van der Waals surface area contributed by atoms with Gasteiger partial charge in [-0.2, -0.15) is 0 Å². The second kappa shape index (κ2) is 5.47. The smallest absolute Gasteiger partial charge is 0.334 e. The average molecular weight is 330 g/mol. The van der Waals surface area contributed by atoms with E-state index < -0.39 is 5.41 Å². The number of rotatable bonds is 3. The monoisotopic (exact) mass is 330 g/mol. The van der Waals surface area contributed by atoms with Gasteiger partial charge in [-0.3, -0.25) is 4.79 Å². The summed E-state index contributed by atoms with van der Waals surface area (Å²) in [5.74, 6) is 0.293. The molecule has 2 aliphatic heterocycles. The molecule has 0 aromatic heterocycles. The van der Waals surface area contributed by atoms with E-state index in [2.05, 4.69) is 13.5 Å². The summed E-state index contributed by atoms with van der Waals surface area (Å²) in [7, 11) is 0. The highest BCUT2D eigenvalue weighted by atomic mass is 16.5. The van der Waals surface area contributed by atoms with E-state index >= 15 is 0 Å². The van der Waals surface area contributed by atoms with Crippen LogP contribution in [0.1, 0.15) is 51.9 Å². The van der Waals surface area contributed by atoms with Gasteiger partial charge in [-0.15, -0.1) is 0 Å². The number of esters is 2. The zero-order chi connectivity index (χ0) is 16.9. The first-order valence-corrected chi connectivity index (χ1v) is 9.18. The highest BCUT2D eigenvalue weighted by Gasteiger charge is 2.64. The molecule has 4 nitrogen and oxygen atoms in total. The molecule has 1 saturated heterocycles. The number of carbonyl (C=O) groups is 2. The predicted octanol–water partition coefficient (Wildman–Crippen LogP) is 3.57. The molecule has 2 saturated carbocycles. The fourth-order valence-electron chi connectivity index (χ4n) is 5.93. The van der Waals surface area contributed by atoms with Crippen molar-refractivity contribution in [2.75, 3.05) is 13.2 Å². The molecule has 2 aliphatic carbocycles. The Kier molecular flexibility index (Phi) is 3.63. The lowest BCUT2D eigenvalue weighted by Gasteiger charge is -2.61. The molecule has 4 aliphatic rings. The van der Waals surface area contributed by atoms with Gasteiger partial charge in [-0.25, -0.2) is 4.79 Å². The molecule has 3 fully saturated rings. The van der Waals surface area contributed by atoms with Crippen molar-refractivity contribution in [3.8, 4) is 0 Å². The number of cyclic esters (lactones) is 2. The van der Waals surface area contributed by atoms with Crippen molar-refractivity contribution >= 4 is 11.9 Å². The minimum absolute atomic E-state index is 0.0153. The van der Waals surface area contributed by atoms with Gasteiger partial charge < -0.3 is 9.47 Å². The number of hydrogen-bond acceptors (Lipinski definition) is 4. The second-order valence-electron chi connectivity index (χ2n) is 8.29. The molecule has 2 bridgehead atoms. The molecule has 130 valence electrons. The lowest BCUT2D eigenvalue weighted by Crippen LogP contribution is -2.61. The zero-order valence-corrected chi connectivity index (χ0v) is 14.4. The maximum absolute atomic E-state index is 13.0. The Hall–Kier alpha value is -1.58. The molecule has 4 atom stereocenters. The Balaban J connectivity index is 1.65. The standard InChI is InChI=1S/C20H26O4/c1-13-4-7-16-19(2)9-3-10-20(16,18(22)24-12-19)15(13)6-5-14-8-11-23-17(14)21/h8,15-16H,1,3-7,9-12H2,2H3/t15-,16+,19-,20-/m1/s1. The molecule has 0 aromatic rings. The molecule has 0 aromatic carbocycles. The minimum Gasteiger partial charge on any atom is -0.465 e. The molecular weight excluding hydrogens is 304 g/mol. The number of ether oxygens (including phenoxy) is 2. The second-order valence-corrected chi connectivity index (χ2v) is 8.29. The number of allylic oxidation sites excluding steroid dienone is 1. The largest absolute Gasteiger partial charge is 0.465 e. The summed E-state index contributed by atoms with van der Waals surface area (Å²) in [5.41, 5.74) is 1.62. The molecule has 0 unspecified atom stereocenters. The van der Waals surface area contributed by atoms with Gasteiger partial charge in [0.25, 0.3) is 0 Å². The van der Waals surface area contributed by atoms with Crippen LogP contribution in [0.15, 0.2) is 23.8 Å². The molecule has 2 heterocycles. The van der Waals surface area contributed by atoms with Crippen LogP contribution >= 0.6 is 0 Å². The molecule has 4 rings (SSSR count). The quantitative estimate of drug-likeness (QED) is 0.586. The summed E-state index contributed by atoms with van der Waals surface area (Å²) >= 11 is 0. The van der Waals surface area contributed by atoms with Crippen LogP contribution in [0.4, 0.5) is 0 Å². The number of hydrogen-bond donors (Lipinski definition) is 0. The van der Waals surface area contributed by atoms with Crippen molar-refractivity contribution in [1.82, 2.24) is 0 Å². The van der Waals surface area contributed by atoms with Crippen molar-refractivity contribution < 1.29 is 19.1 Å². The van der Waals surface area contributed by atoms with Gasteiger partial charge in [0.05, 0.1) is 12.0 Å². The summed E-state index contributed by atoms with van der Waals surface area (Å²) in [5, 5.41) is 0. The van der Waals surface area contributed by atoms with Crippen LogP contribution in [0.2, 0.25) is 0 Å². The Morgan fingerprint density at radius 1 is 1.29 bits per heavy atom. The van der Waals surface area contributed by atoms with Crippen molar-refractivity contribution in [1.29, 1.82) is 0 Å². The van der Waals surface area contributed by atoms with E-state index in [-0.39, 0.29) is 23.3 Å². The molecule has 0 N–H and O–H groups in total. The lowest BCUT2D eigenvalue weighted by atomic mass is 9.45. The van der Waals surface area contributed by atoms with Crippen LogP contribution in [0.5, 0.6) is 0 Å². The molecular formula is C20H26O4. The maximum Gasteiger partial charge on any atom is 0.334 e. The van der Waals surface area contributed by atoms with E-state index in [1.54, 1.807) is 0 Å². The van der Waals surface area contributed by atoms with Crippen LogP contribution < -0.4 is 0 Å². The Morgan fingerprint density at radius 2 is 2.12 bits per heavy atom. The van der Waals surface area contributed by atoms with E-state index in [4.69, 9.17) is 9.47 Å². The van der Waals surface area contributed by atoms with Crippen LogP contribution in [-0.4, -0.2) is 25.2 Å². The average Bonchev–Trinajstić information content (AvgIpc) is 2.96. The van der Waals surface area contributed by atoms with Gasteiger partial charge in [0.2, 0.25) is 0 Å². The summed E-state index contributed by atoms with van der Waals surface area (Å²) in [6.07, 6.45) is 8.49. The SMILES string of the molecule is C=C1CC[C@H]2[C@]3(C)CCC[C@@]2(C(=O)OC3)[C@@H]1CCC1=CCOC1=O. The molecule has 0 radical (unpaired) electrons. The van der Waals surface area contributed by atoms with Gasteiger partial charge in [0.1, 0.15) is 6.61 Å². The maximum atomic E-state index is 13.0. The predicted molar refractivity (Wildman–Crippen MR) is 89.0 cm³/mol. The topological polar surface area (TPSA) is 52.6 Å². The summed E-state index contributed by atoms with van der Waals surface area (Å²) < 4.78 is 10.7. The number of carbonyl (C=O) groups excluding carboxylic acids is 2. The van der Waals surface area contributed by atoms with Crippen molar-refractivity contribution in [2.24, 2.45) is 22.7 Å². The van der Waals surface area contributed by atoms with E-state index in [1.807, 2.05) is 6.08 Å². The highest BCUT2D eigenvalue weighted by Crippen LogP contribution is 2.64. The Bertz CT molecular complexity index is 634. The van der Waals surface area contributed by atoms with Crippen molar-refractivity contribution in [3.63, 3.8) is 0 Å². The van der Waals surface area contributed by atoms with Crippen molar-refractivity contribution in [2.45, 2.75) is 51.9 Å². The fraction of sp³-hybridized carbons (Fsp3) is 0.700. The third-order valence-electron chi connectivity index (χ3n) is 7.09. The van der Waals surface area contributed by atoms with E-state index in [0.29, 0.717) is 25.6 Å². The van der Waals surface area contributed by atoms with Crippen LogP contribution in [0, 0.1) is 22.7 Å². The normalized spacial score (nSPS) is 41.4. The van der Waals surface area contributed by atoms with Gasteiger partial charge in [-0.1, -0.05) is 25.5 Å². The molecule has 24 heavy (non-hydrogen) atoms. The van der Waals surface area contributed by atoms with E-state index in [0.717, 1.165) is 44.1 Å². The van der Waals surface area contributed by atoms with E-state index in [9.17, 15) is 9.59 Å². The highest BCUT2D eigenvalue weighted by molar-refractivity contribution is 5.90. The Labute approximate surface area is 143 Å². The summed E-state index contributed by atoms with van der Waals surface area (Å²) in [4.78, 5) is 24.7. The summed E-state index contributed by atoms with van der Waals surface area (Å²) in [6.45, 7) is 7.55. The zero-order valence-electron chi connectivity index (χ0n) is 14.4. The molecule has 0 amide bonds. The fourth-order valence-corrected chi connectivity index (χ4v) is 5.93. The van der Waals surface area contributed by atoms with Crippen molar-refractivity contribution in [3.05, 3.63) is 23.8 Å². The first-order valence-electron chi connectivity index (χ1n) is 9.18. The van der Waals surface area contributed by atoms with Gasteiger partial charge in [-0.05, 0) is 56.4 Å². The first kappa shape index (κ1) is 15.9. The summed E-state index contributed by atoms with van der Waals surface area (Å²) in [6, 6.07) is 0. The van der Waals surface area contributed by atoms with E-state index in [1.165, 1.54) is 5.57 Å². The minimum atomic E-state index is -0.413. The van der Waals surface area contributed by atoms with Crippen LogP contribution in [-0.2, 0) is 19.1 Å². The van der Waals surface area contributed by atoms with Gasteiger partial charge in [0.15, 0.2) is 0 Å². The molecule has 4 heteroatoms. The first-order chi connectivity index (χ1) is 11.5.